The first-order valence-electron chi connectivity index (χ1n) is 8.90. The van der Waals surface area contributed by atoms with E-state index in [2.05, 4.69) is 19.8 Å². The molecule has 3 nitrogen and oxygen atoms in total. The van der Waals surface area contributed by atoms with Crippen LogP contribution in [0.15, 0.2) is 11.6 Å². The van der Waals surface area contributed by atoms with Crippen LogP contribution in [0.3, 0.4) is 0 Å². The van der Waals surface area contributed by atoms with Crippen molar-refractivity contribution in [3.8, 4) is 12.3 Å². The Bertz CT molecular complexity index is 629. The van der Waals surface area contributed by atoms with Crippen LogP contribution in [0.25, 0.3) is 0 Å². The molecule has 1 N–H and O–H groups in total. The van der Waals surface area contributed by atoms with Crippen LogP contribution in [0.4, 0.5) is 0 Å². The summed E-state index contributed by atoms with van der Waals surface area (Å²) in [5, 5.41) is 10.9. The second-order valence-electron chi connectivity index (χ2n) is 8.55. The molecule has 1 unspecified atom stereocenters. The molecule has 1 saturated heterocycles. The van der Waals surface area contributed by atoms with E-state index in [1.165, 1.54) is 5.57 Å². The van der Waals surface area contributed by atoms with Crippen molar-refractivity contribution in [3.05, 3.63) is 11.6 Å². The van der Waals surface area contributed by atoms with Crippen molar-refractivity contribution in [2.45, 2.75) is 64.1 Å². The Morgan fingerprint density at radius 1 is 1.30 bits per heavy atom. The van der Waals surface area contributed by atoms with Gasteiger partial charge >= 0.3 is 0 Å². The van der Waals surface area contributed by atoms with Gasteiger partial charge in [-0.15, -0.1) is 6.42 Å². The van der Waals surface area contributed by atoms with Crippen LogP contribution in [0.2, 0.25) is 0 Å². The Hall–Kier alpha value is -1.11. The van der Waals surface area contributed by atoms with E-state index in [0.717, 1.165) is 25.7 Å². The highest BCUT2D eigenvalue weighted by molar-refractivity contribution is 5.91. The first-order chi connectivity index (χ1) is 10.8. The van der Waals surface area contributed by atoms with E-state index in [9.17, 15) is 9.90 Å². The summed E-state index contributed by atoms with van der Waals surface area (Å²) < 4.78 is 6.40. The quantitative estimate of drug-likeness (QED) is 0.699. The first kappa shape index (κ1) is 15.4. The van der Waals surface area contributed by atoms with E-state index in [0.29, 0.717) is 31.3 Å². The van der Waals surface area contributed by atoms with Crippen LogP contribution in [0, 0.1) is 35.0 Å². The van der Waals surface area contributed by atoms with Gasteiger partial charge in [-0.3, -0.25) is 4.79 Å². The molecule has 1 heterocycles. The minimum Gasteiger partial charge on any atom is -0.377 e. The normalized spacial score (nSPS) is 52.0. The number of fused-ring (bicyclic) bond motifs is 5. The van der Waals surface area contributed by atoms with Crippen LogP contribution in [-0.4, -0.2) is 29.2 Å². The van der Waals surface area contributed by atoms with Crippen molar-refractivity contribution in [3.63, 3.8) is 0 Å². The largest absolute Gasteiger partial charge is 0.377 e. The van der Waals surface area contributed by atoms with Crippen molar-refractivity contribution in [1.82, 2.24) is 0 Å². The van der Waals surface area contributed by atoms with Crippen LogP contribution >= 0.6 is 0 Å². The number of ketones is 1. The molecule has 0 amide bonds. The van der Waals surface area contributed by atoms with Crippen molar-refractivity contribution in [1.29, 1.82) is 0 Å². The molecule has 3 heteroatoms. The van der Waals surface area contributed by atoms with E-state index in [-0.39, 0.29) is 22.7 Å². The van der Waals surface area contributed by atoms with Gasteiger partial charge < -0.3 is 9.84 Å². The SMILES string of the molecule is C#CC1(O)CC[C@H]2[C@@H]3CCC4=CC(=O)CC[C@]4(C)[C@H]3OC[C@@]21C. The lowest BCUT2D eigenvalue weighted by molar-refractivity contribution is -0.202. The maximum Gasteiger partial charge on any atom is 0.155 e. The van der Waals surface area contributed by atoms with E-state index in [1.807, 2.05) is 6.08 Å². The number of carbonyl (C=O) groups is 1. The maximum atomic E-state index is 11.8. The molecule has 0 spiro atoms. The predicted octanol–water partition coefficient (Wildman–Crippen LogP) is 2.87. The summed E-state index contributed by atoms with van der Waals surface area (Å²) >= 11 is 0. The van der Waals surface area contributed by atoms with Gasteiger partial charge in [-0.1, -0.05) is 25.3 Å². The number of hydrogen-bond donors (Lipinski definition) is 1. The molecule has 4 rings (SSSR count). The summed E-state index contributed by atoms with van der Waals surface area (Å²) in [6.07, 6.45) is 12.9. The minimum absolute atomic E-state index is 0.0188. The van der Waals surface area contributed by atoms with Crippen molar-refractivity contribution in [2.75, 3.05) is 6.61 Å². The fourth-order valence-electron chi connectivity index (χ4n) is 6.01. The minimum atomic E-state index is -1.04. The molecule has 6 atom stereocenters. The Labute approximate surface area is 138 Å². The molecular formula is C20H26O3. The van der Waals surface area contributed by atoms with Crippen molar-refractivity contribution >= 4 is 5.78 Å². The molecule has 124 valence electrons. The van der Waals surface area contributed by atoms with Gasteiger partial charge in [0, 0.05) is 17.3 Å². The average Bonchev–Trinajstić information content (AvgIpc) is 2.80. The van der Waals surface area contributed by atoms with Gasteiger partial charge in [0.15, 0.2) is 5.78 Å². The summed E-state index contributed by atoms with van der Waals surface area (Å²) in [5.41, 5.74) is -0.119. The van der Waals surface area contributed by atoms with Gasteiger partial charge in [0.05, 0.1) is 12.7 Å². The van der Waals surface area contributed by atoms with Gasteiger partial charge in [0.25, 0.3) is 0 Å². The Morgan fingerprint density at radius 3 is 2.83 bits per heavy atom. The van der Waals surface area contributed by atoms with Crippen LogP contribution in [-0.2, 0) is 9.53 Å². The third-order valence-corrected chi connectivity index (χ3v) is 7.62. The summed E-state index contributed by atoms with van der Waals surface area (Å²) in [6, 6.07) is 0. The average molecular weight is 314 g/mol. The molecule has 0 aromatic rings. The molecule has 3 fully saturated rings. The molecule has 3 aliphatic carbocycles. The fourth-order valence-corrected chi connectivity index (χ4v) is 6.01. The number of carbonyl (C=O) groups excluding carboxylic acids is 1. The first-order valence-corrected chi connectivity index (χ1v) is 8.90. The lowest BCUT2D eigenvalue weighted by Gasteiger charge is -2.57. The molecule has 1 aliphatic heterocycles. The van der Waals surface area contributed by atoms with Gasteiger partial charge in [0.2, 0.25) is 0 Å². The number of terminal acetylenes is 1. The third-order valence-electron chi connectivity index (χ3n) is 7.62. The summed E-state index contributed by atoms with van der Waals surface area (Å²) in [5.74, 6) is 3.78. The smallest absolute Gasteiger partial charge is 0.155 e. The Morgan fingerprint density at radius 2 is 2.09 bits per heavy atom. The summed E-state index contributed by atoms with van der Waals surface area (Å²) in [7, 11) is 0. The molecule has 23 heavy (non-hydrogen) atoms. The van der Waals surface area contributed by atoms with Gasteiger partial charge in [-0.25, -0.2) is 0 Å². The van der Waals surface area contributed by atoms with Crippen LogP contribution in [0.1, 0.15) is 52.4 Å². The highest BCUT2D eigenvalue weighted by atomic mass is 16.5. The van der Waals surface area contributed by atoms with Crippen LogP contribution < -0.4 is 0 Å². The standard InChI is InChI=1S/C20H26O3/c1-4-20(22)10-8-16-15-6-5-13-11-14(21)7-9-18(13,2)17(15)23-12-19(16,20)3/h1,11,15-17,22H,5-10,12H2,2-3H3/t15-,16-,17-,18-,19-,20?/m0/s1. The molecule has 0 aromatic heterocycles. The molecule has 2 saturated carbocycles. The van der Waals surface area contributed by atoms with Gasteiger partial charge in [-0.05, 0) is 50.0 Å². The van der Waals surface area contributed by atoms with Gasteiger partial charge in [-0.2, -0.15) is 0 Å². The second-order valence-corrected chi connectivity index (χ2v) is 8.55. The highest BCUT2D eigenvalue weighted by Gasteiger charge is 2.64. The zero-order valence-corrected chi connectivity index (χ0v) is 14.1. The molecular weight excluding hydrogens is 288 g/mol. The maximum absolute atomic E-state index is 11.8. The van der Waals surface area contributed by atoms with E-state index in [1.54, 1.807) is 0 Å². The molecule has 4 aliphatic rings. The second kappa shape index (κ2) is 4.71. The highest BCUT2D eigenvalue weighted by Crippen LogP contribution is 2.63. The number of aliphatic hydroxyl groups is 1. The van der Waals surface area contributed by atoms with Crippen molar-refractivity contribution in [2.24, 2.45) is 22.7 Å². The van der Waals surface area contributed by atoms with Crippen molar-refractivity contribution < 1.29 is 14.6 Å². The fraction of sp³-hybridized carbons (Fsp3) is 0.750. The van der Waals surface area contributed by atoms with E-state index >= 15 is 0 Å². The van der Waals surface area contributed by atoms with E-state index in [4.69, 9.17) is 11.2 Å². The lowest BCUT2D eigenvalue weighted by Crippen LogP contribution is -2.60. The van der Waals surface area contributed by atoms with E-state index < -0.39 is 5.60 Å². The monoisotopic (exact) mass is 314 g/mol. The topological polar surface area (TPSA) is 46.5 Å². The summed E-state index contributed by atoms with van der Waals surface area (Å²) in [4.78, 5) is 11.8. The Balaban J connectivity index is 1.70. The summed E-state index contributed by atoms with van der Waals surface area (Å²) in [6.45, 7) is 4.91. The zero-order valence-electron chi connectivity index (χ0n) is 14.1. The Kier molecular flexibility index (Phi) is 3.16. The van der Waals surface area contributed by atoms with Crippen LogP contribution in [0.5, 0.6) is 0 Å². The lowest BCUT2D eigenvalue weighted by atomic mass is 9.54. The molecule has 0 aromatic carbocycles. The van der Waals surface area contributed by atoms with Gasteiger partial charge in [0.1, 0.15) is 5.60 Å². The molecule has 0 bridgehead atoms. The number of ether oxygens (including phenoxy) is 1. The number of rotatable bonds is 0. The predicted molar refractivity (Wildman–Crippen MR) is 87.5 cm³/mol. The molecule has 0 radical (unpaired) electrons. The number of allylic oxidation sites excluding steroid dienone is 1. The third kappa shape index (κ3) is 1.83. The number of hydrogen-bond acceptors (Lipinski definition) is 3. The zero-order chi connectivity index (χ0) is 16.5.